The van der Waals surface area contributed by atoms with Crippen molar-refractivity contribution in [1.82, 2.24) is 0 Å². The van der Waals surface area contributed by atoms with E-state index in [-0.39, 0.29) is 0 Å². The zero-order valence-corrected chi connectivity index (χ0v) is 15.4. The van der Waals surface area contributed by atoms with Gasteiger partial charge in [0.05, 0.1) is 6.61 Å². The minimum atomic E-state index is -1.23. The first-order valence-corrected chi connectivity index (χ1v) is 9.75. The molecule has 29 heavy (non-hydrogen) atoms. The van der Waals surface area contributed by atoms with Crippen molar-refractivity contribution in [2.45, 2.75) is 30.7 Å². The summed E-state index contributed by atoms with van der Waals surface area (Å²) >= 11 is 0. The molecule has 6 nitrogen and oxygen atoms in total. The number of fused-ring (bicyclic) bond motifs is 1. The van der Waals surface area contributed by atoms with Crippen molar-refractivity contribution in [3.63, 3.8) is 0 Å². The van der Waals surface area contributed by atoms with Gasteiger partial charge in [-0.15, -0.1) is 0 Å². The molecule has 3 N–H and O–H groups in total. The fourth-order valence-electron chi connectivity index (χ4n) is 4.72. The summed E-state index contributed by atoms with van der Waals surface area (Å²) in [4.78, 5) is 0. The van der Waals surface area contributed by atoms with E-state index in [4.69, 9.17) is 14.0 Å². The lowest BCUT2D eigenvalue weighted by molar-refractivity contribution is -0.249. The molecule has 5 atom stereocenters. The maximum absolute atomic E-state index is 10.4. The molecule has 0 spiro atoms. The first-order valence-electron chi connectivity index (χ1n) is 9.75. The molecule has 2 aliphatic heterocycles. The number of aliphatic hydroxyl groups excluding tert-OH is 3. The average molecular weight is 390 g/mol. The molecule has 2 heterocycles. The molecule has 4 aromatic carbocycles. The van der Waals surface area contributed by atoms with Crippen molar-refractivity contribution in [3.05, 3.63) is 54.6 Å². The van der Waals surface area contributed by atoms with Crippen LogP contribution in [0.2, 0.25) is 0 Å². The topological polar surface area (TPSA) is 88.4 Å². The minimum absolute atomic E-state index is 0.409. The second kappa shape index (κ2) is 6.37. The highest BCUT2D eigenvalue weighted by Crippen LogP contribution is 2.35. The second-order valence-corrected chi connectivity index (χ2v) is 7.79. The summed E-state index contributed by atoms with van der Waals surface area (Å²) < 4.78 is 17.6. The maximum atomic E-state index is 10.4. The van der Waals surface area contributed by atoms with Gasteiger partial charge in [-0.2, -0.15) is 0 Å². The lowest BCUT2D eigenvalue weighted by Crippen LogP contribution is -2.57. The van der Waals surface area contributed by atoms with Crippen molar-refractivity contribution >= 4 is 44.9 Å². The molecule has 2 fully saturated rings. The molecule has 6 rings (SSSR count). The molecule has 2 aliphatic rings. The van der Waals surface area contributed by atoms with Crippen LogP contribution in [0.5, 0.6) is 0 Å². The largest absolute Gasteiger partial charge is 0.496 e. The smallest absolute Gasteiger partial charge is 0.396 e. The summed E-state index contributed by atoms with van der Waals surface area (Å²) in [6.07, 6.45) is -5.01. The third kappa shape index (κ3) is 2.46. The lowest BCUT2D eigenvalue weighted by atomic mass is 9.75. The van der Waals surface area contributed by atoms with Crippen LogP contribution in [0, 0.1) is 0 Å². The molecule has 0 saturated carbocycles. The normalized spacial score (nSPS) is 29.9. The highest BCUT2D eigenvalue weighted by atomic mass is 16.8. The highest BCUT2D eigenvalue weighted by molar-refractivity contribution is 6.65. The van der Waals surface area contributed by atoms with Crippen LogP contribution in [-0.2, 0) is 14.0 Å². The van der Waals surface area contributed by atoms with Crippen LogP contribution in [0.1, 0.15) is 0 Å². The van der Waals surface area contributed by atoms with Crippen LogP contribution in [0.3, 0.4) is 0 Å². The molecule has 0 aliphatic carbocycles. The van der Waals surface area contributed by atoms with Crippen molar-refractivity contribution < 1.29 is 29.4 Å². The molecule has 5 unspecified atom stereocenters. The lowest BCUT2D eigenvalue weighted by Gasteiger charge is -2.37. The SMILES string of the molecule is OCC1OC2OB(c3ccc4ccc5cccc6ccc3c4c56)OC2C(O)C1O. The monoisotopic (exact) mass is 390 g/mol. The maximum Gasteiger partial charge on any atom is 0.496 e. The molecular weight excluding hydrogens is 371 g/mol. The predicted octanol–water partition coefficient (Wildman–Crippen LogP) is 1.13. The number of hydrogen-bond acceptors (Lipinski definition) is 6. The summed E-state index contributed by atoms with van der Waals surface area (Å²) in [5.74, 6) is 0. The van der Waals surface area contributed by atoms with E-state index < -0.39 is 44.4 Å². The van der Waals surface area contributed by atoms with Crippen molar-refractivity contribution in [3.8, 4) is 0 Å². The Balaban J connectivity index is 1.47. The minimum Gasteiger partial charge on any atom is -0.396 e. The number of ether oxygens (including phenoxy) is 1. The van der Waals surface area contributed by atoms with Crippen molar-refractivity contribution in [1.29, 1.82) is 0 Å². The van der Waals surface area contributed by atoms with Crippen LogP contribution < -0.4 is 5.46 Å². The molecule has 7 heteroatoms. The Kier molecular flexibility index (Phi) is 3.86. The Morgan fingerprint density at radius 1 is 0.793 bits per heavy atom. The third-order valence-corrected chi connectivity index (χ3v) is 6.18. The molecular formula is C22H19BO6. The summed E-state index contributed by atoms with van der Waals surface area (Å²) in [5, 5.41) is 36.8. The van der Waals surface area contributed by atoms with Crippen molar-refractivity contribution in [2.24, 2.45) is 0 Å². The summed E-state index contributed by atoms with van der Waals surface area (Å²) in [6, 6.07) is 18.7. The van der Waals surface area contributed by atoms with Gasteiger partial charge in [0.25, 0.3) is 0 Å². The molecule has 0 aromatic heterocycles. The molecule has 0 radical (unpaired) electrons. The van der Waals surface area contributed by atoms with Gasteiger partial charge in [-0.25, -0.2) is 0 Å². The van der Waals surface area contributed by atoms with Crippen LogP contribution in [0.25, 0.3) is 32.3 Å². The molecule has 0 bridgehead atoms. The van der Waals surface area contributed by atoms with E-state index in [1.54, 1.807) is 0 Å². The Morgan fingerprint density at radius 3 is 2.24 bits per heavy atom. The van der Waals surface area contributed by atoms with Gasteiger partial charge >= 0.3 is 7.12 Å². The van der Waals surface area contributed by atoms with Crippen LogP contribution in [-0.4, -0.2) is 59.8 Å². The fourth-order valence-corrected chi connectivity index (χ4v) is 4.72. The summed E-state index contributed by atoms with van der Waals surface area (Å²) in [6.45, 7) is -0.409. The van der Waals surface area contributed by atoms with E-state index >= 15 is 0 Å². The van der Waals surface area contributed by atoms with Gasteiger partial charge in [-0.3, -0.25) is 0 Å². The highest BCUT2D eigenvalue weighted by Gasteiger charge is 2.53. The molecule has 146 valence electrons. The van der Waals surface area contributed by atoms with E-state index in [9.17, 15) is 15.3 Å². The Hall–Kier alpha value is -2.26. The van der Waals surface area contributed by atoms with E-state index in [2.05, 4.69) is 42.5 Å². The van der Waals surface area contributed by atoms with E-state index in [0.717, 1.165) is 21.6 Å². The Morgan fingerprint density at radius 2 is 1.48 bits per heavy atom. The van der Waals surface area contributed by atoms with Crippen LogP contribution in [0.4, 0.5) is 0 Å². The quantitative estimate of drug-likeness (QED) is 0.352. The van der Waals surface area contributed by atoms with Gasteiger partial charge in [0.2, 0.25) is 0 Å². The zero-order chi connectivity index (χ0) is 19.7. The zero-order valence-electron chi connectivity index (χ0n) is 15.4. The summed E-state index contributed by atoms with van der Waals surface area (Å²) in [7, 11) is -0.742. The van der Waals surface area contributed by atoms with Gasteiger partial charge in [0, 0.05) is 0 Å². The fraction of sp³-hybridized carbons (Fsp3) is 0.273. The number of benzene rings is 4. The second-order valence-electron chi connectivity index (χ2n) is 7.79. The van der Waals surface area contributed by atoms with E-state index in [1.807, 2.05) is 12.1 Å². The molecule has 2 saturated heterocycles. The van der Waals surface area contributed by atoms with Crippen molar-refractivity contribution in [2.75, 3.05) is 6.61 Å². The van der Waals surface area contributed by atoms with Crippen LogP contribution >= 0.6 is 0 Å². The van der Waals surface area contributed by atoms with Gasteiger partial charge < -0.3 is 29.4 Å². The number of rotatable bonds is 2. The van der Waals surface area contributed by atoms with E-state index in [0.29, 0.717) is 0 Å². The Labute approximate surface area is 166 Å². The van der Waals surface area contributed by atoms with E-state index in [1.165, 1.54) is 16.2 Å². The Bertz CT molecular complexity index is 1200. The van der Waals surface area contributed by atoms with Gasteiger partial charge in [-0.05, 0) is 37.8 Å². The first kappa shape index (κ1) is 17.6. The summed E-state index contributed by atoms with van der Waals surface area (Å²) in [5.41, 5.74) is 0.844. The van der Waals surface area contributed by atoms with Gasteiger partial charge in [0.1, 0.15) is 24.4 Å². The van der Waals surface area contributed by atoms with Crippen LogP contribution in [0.15, 0.2) is 54.6 Å². The number of aliphatic hydroxyl groups is 3. The first-order chi connectivity index (χ1) is 14.2. The predicted molar refractivity (Wildman–Crippen MR) is 109 cm³/mol. The molecule has 0 amide bonds. The van der Waals surface area contributed by atoms with Gasteiger partial charge in [-0.1, -0.05) is 54.6 Å². The number of hydrogen-bond donors (Lipinski definition) is 3. The average Bonchev–Trinajstić information content (AvgIpc) is 3.18. The standard InChI is InChI=1S/C22H19BO6/c24-10-16-19(25)20(26)21-22(27-16)29-23(28-21)15-9-7-13-5-4-11-2-1-3-12-6-8-14(15)18(13)17(11)12/h1-9,16,19-22,24-26H,10H2. The van der Waals surface area contributed by atoms with Gasteiger partial charge in [0.15, 0.2) is 6.29 Å². The molecule has 4 aromatic rings. The third-order valence-electron chi connectivity index (χ3n) is 6.18.